The Hall–Kier alpha value is -1.67. The minimum absolute atomic E-state index is 0.0503. The zero-order valence-corrected chi connectivity index (χ0v) is 14.8. The van der Waals surface area contributed by atoms with E-state index in [1.807, 2.05) is 0 Å². The van der Waals surface area contributed by atoms with Crippen molar-refractivity contribution in [1.82, 2.24) is 14.6 Å². The Balaban J connectivity index is 1.64. The maximum Gasteiger partial charge on any atom is 0.242 e. The zero-order valence-electron chi connectivity index (χ0n) is 13.9. The molecule has 3 rings (SSSR count). The van der Waals surface area contributed by atoms with Gasteiger partial charge in [0, 0.05) is 45.3 Å². The third-order valence-electron chi connectivity index (χ3n) is 4.76. The lowest BCUT2D eigenvalue weighted by Gasteiger charge is -2.34. The predicted octanol–water partition coefficient (Wildman–Crippen LogP) is 0.971. The van der Waals surface area contributed by atoms with E-state index >= 15 is 0 Å². The van der Waals surface area contributed by atoms with E-state index in [0.29, 0.717) is 26.2 Å². The number of sulfonamides is 1. The number of aromatic nitrogens is 1. The number of piperazine rings is 1. The number of pyridine rings is 1. The van der Waals surface area contributed by atoms with Gasteiger partial charge in [0.1, 0.15) is 10.7 Å². The molecule has 132 valence electrons. The van der Waals surface area contributed by atoms with Gasteiger partial charge in [-0.1, -0.05) is 12.8 Å². The average Bonchev–Trinajstić information content (AvgIpc) is 3.07. The van der Waals surface area contributed by atoms with Crippen LogP contribution in [0.1, 0.15) is 32.6 Å². The van der Waals surface area contributed by atoms with E-state index in [2.05, 4.69) is 14.6 Å². The summed E-state index contributed by atoms with van der Waals surface area (Å²) in [5.41, 5.74) is 0. The van der Waals surface area contributed by atoms with Crippen LogP contribution in [0.3, 0.4) is 0 Å². The fourth-order valence-corrected chi connectivity index (χ4v) is 4.55. The van der Waals surface area contributed by atoms with Crippen LogP contribution < -0.4 is 9.62 Å². The van der Waals surface area contributed by atoms with Crippen molar-refractivity contribution in [3.8, 4) is 0 Å². The van der Waals surface area contributed by atoms with Crippen LogP contribution in [-0.2, 0) is 14.8 Å². The summed E-state index contributed by atoms with van der Waals surface area (Å²) in [6.45, 7) is 4.32. The second kappa shape index (κ2) is 7.06. The topological polar surface area (TPSA) is 82.6 Å². The van der Waals surface area contributed by atoms with Crippen molar-refractivity contribution in [2.75, 3.05) is 31.1 Å². The number of carbonyl (C=O) groups is 1. The molecule has 0 unspecified atom stereocenters. The molecule has 8 heteroatoms. The fourth-order valence-electron chi connectivity index (χ4n) is 3.30. The smallest absolute Gasteiger partial charge is 0.242 e. The lowest BCUT2D eigenvalue weighted by atomic mass is 10.3. The first-order chi connectivity index (χ1) is 11.5. The van der Waals surface area contributed by atoms with Crippen LogP contribution in [0.25, 0.3) is 0 Å². The van der Waals surface area contributed by atoms with Crippen molar-refractivity contribution >= 4 is 21.7 Å². The SMILES string of the molecule is CC(=O)N1CCN(c2ccc(S(=O)(=O)NC3CCCC3)cn2)CC1. The summed E-state index contributed by atoms with van der Waals surface area (Å²) >= 11 is 0. The van der Waals surface area contributed by atoms with Crippen LogP contribution in [0.2, 0.25) is 0 Å². The minimum Gasteiger partial charge on any atom is -0.353 e. The lowest BCUT2D eigenvalue weighted by Crippen LogP contribution is -2.48. The van der Waals surface area contributed by atoms with Crippen LogP contribution >= 0.6 is 0 Å². The average molecular weight is 352 g/mol. The van der Waals surface area contributed by atoms with Gasteiger partial charge >= 0.3 is 0 Å². The number of carbonyl (C=O) groups excluding carboxylic acids is 1. The molecule has 0 spiro atoms. The van der Waals surface area contributed by atoms with E-state index in [-0.39, 0.29) is 16.8 Å². The summed E-state index contributed by atoms with van der Waals surface area (Å²) in [7, 11) is -3.50. The van der Waals surface area contributed by atoms with E-state index < -0.39 is 10.0 Å². The zero-order chi connectivity index (χ0) is 17.2. The minimum atomic E-state index is -3.50. The number of anilines is 1. The van der Waals surface area contributed by atoms with Gasteiger partial charge in [-0.2, -0.15) is 0 Å². The summed E-state index contributed by atoms with van der Waals surface area (Å²) in [5, 5.41) is 0. The summed E-state index contributed by atoms with van der Waals surface area (Å²) in [6, 6.07) is 3.40. The molecule has 1 saturated heterocycles. The van der Waals surface area contributed by atoms with E-state index in [4.69, 9.17) is 0 Å². The molecule has 1 aromatic rings. The molecule has 2 heterocycles. The second-order valence-corrected chi connectivity index (χ2v) is 8.16. The molecule has 0 aromatic carbocycles. The Morgan fingerprint density at radius 3 is 2.38 bits per heavy atom. The number of rotatable bonds is 4. The first kappa shape index (κ1) is 17.2. The molecule has 2 aliphatic rings. The van der Waals surface area contributed by atoms with Gasteiger partial charge in [0.05, 0.1) is 0 Å². The molecule has 1 aromatic heterocycles. The Morgan fingerprint density at radius 2 is 1.83 bits per heavy atom. The van der Waals surface area contributed by atoms with Gasteiger partial charge in [0.2, 0.25) is 15.9 Å². The fraction of sp³-hybridized carbons (Fsp3) is 0.625. The number of hydrogen-bond donors (Lipinski definition) is 1. The molecule has 7 nitrogen and oxygen atoms in total. The van der Waals surface area contributed by atoms with Crippen LogP contribution in [-0.4, -0.2) is 56.4 Å². The predicted molar refractivity (Wildman–Crippen MR) is 91.3 cm³/mol. The molecular weight excluding hydrogens is 328 g/mol. The Kier molecular flexibility index (Phi) is 5.05. The normalized spacial score (nSPS) is 19.7. The monoisotopic (exact) mass is 352 g/mol. The Bertz CT molecular complexity index is 676. The molecule has 0 radical (unpaired) electrons. The molecule has 1 aliphatic heterocycles. The maximum absolute atomic E-state index is 12.4. The van der Waals surface area contributed by atoms with Crippen LogP contribution in [0.4, 0.5) is 5.82 Å². The molecular formula is C16H24N4O3S. The molecule has 0 bridgehead atoms. The van der Waals surface area contributed by atoms with E-state index in [1.165, 1.54) is 6.20 Å². The highest BCUT2D eigenvalue weighted by Crippen LogP contribution is 2.21. The summed E-state index contributed by atoms with van der Waals surface area (Å²) in [6.07, 6.45) is 5.40. The third kappa shape index (κ3) is 3.87. The van der Waals surface area contributed by atoms with Gasteiger partial charge in [0.15, 0.2) is 0 Å². The standard InChI is InChI=1S/C16H24N4O3S/c1-13(21)19-8-10-20(11-9-19)16-7-6-15(12-17-16)24(22,23)18-14-4-2-3-5-14/h6-7,12,14,18H,2-5,8-11H2,1H3. The Morgan fingerprint density at radius 1 is 1.17 bits per heavy atom. The first-order valence-corrected chi connectivity index (χ1v) is 9.93. The summed E-state index contributed by atoms with van der Waals surface area (Å²) in [5.74, 6) is 0.833. The van der Waals surface area contributed by atoms with Gasteiger partial charge in [-0.3, -0.25) is 4.79 Å². The summed E-state index contributed by atoms with van der Waals surface area (Å²) in [4.78, 5) is 19.8. The van der Waals surface area contributed by atoms with Gasteiger partial charge in [0.25, 0.3) is 0 Å². The number of amides is 1. The van der Waals surface area contributed by atoms with Crippen LogP contribution in [0.5, 0.6) is 0 Å². The molecule has 1 amide bonds. The van der Waals surface area contributed by atoms with Crippen LogP contribution in [0, 0.1) is 0 Å². The van der Waals surface area contributed by atoms with E-state index in [0.717, 1.165) is 31.5 Å². The Labute approximate surface area is 143 Å². The van der Waals surface area contributed by atoms with Crippen molar-refractivity contribution < 1.29 is 13.2 Å². The van der Waals surface area contributed by atoms with Crippen molar-refractivity contribution in [2.45, 2.75) is 43.5 Å². The van der Waals surface area contributed by atoms with E-state index in [9.17, 15) is 13.2 Å². The molecule has 24 heavy (non-hydrogen) atoms. The number of hydrogen-bond acceptors (Lipinski definition) is 5. The second-order valence-electron chi connectivity index (χ2n) is 6.45. The van der Waals surface area contributed by atoms with Crippen molar-refractivity contribution in [3.63, 3.8) is 0 Å². The molecule has 2 fully saturated rings. The lowest BCUT2D eigenvalue weighted by molar-refractivity contribution is -0.129. The number of nitrogens with zero attached hydrogens (tertiary/aromatic N) is 3. The maximum atomic E-state index is 12.4. The third-order valence-corrected chi connectivity index (χ3v) is 6.26. The summed E-state index contributed by atoms with van der Waals surface area (Å²) < 4.78 is 27.5. The molecule has 1 N–H and O–H groups in total. The van der Waals surface area contributed by atoms with Gasteiger partial charge in [-0.15, -0.1) is 0 Å². The van der Waals surface area contributed by atoms with Gasteiger partial charge < -0.3 is 9.80 Å². The largest absolute Gasteiger partial charge is 0.353 e. The first-order valence-electron chi connectivity index (χ1n) is 8.44. The highest BCUT2D eigenvalue weighted by molar-refractivity contribution is 7.89. The van der Waals surface area contributed by atoms with Gasteiger partial charge in [-0.05, 0) is 25.0 Å². The van der Waals surface area contributed by atoms with Crippen LogP contribution in [0.15, 0.2) is 23.2 Å². The molecule has 1 aliphatic carbocycles. The van der Waals surface area contributed by atoms with Crippen molar-refractivity contribution in [1.29, 1.82) is 0 Å². The number of nitrogens with one attached hydrogen (secondary N) is 1. The highest BCUT2D eigenvalue weighted by atomic mass is 32.2. The van der Waals surface area contributed by atoms with Crippen molar-refractivity contribution in [2.24, 2.45) is 0 Å². The quantitative estimate of drug-likeness (QED) is 0.873. The van der Waals surface area contributed by atoms with Crippen molar-refractivity contribution in [3.05, 3.63) is 18.3 Å². The molecule has 1 saturated carbocycles. The molecule has 0 atom stereocenters. The highest BCUT2D eigenvalue weighted by Gasteiger charge is 2.24. The van der Waals surface area contributed by atoms with Gasteiger partial charge in [-0.25, -0.2) is 18.1 Å². The van der Waals surface area contributed by atoms with E-state index in [1.54, 1.807) is 24.0 Å².